The zero-order valence-corrected chi connectivity index (χ0v) is 23.3. The van der Waals surface area contributed by atoms with Crippen molar-refractivity contribution in [2.45, 2.75) is 12.6 Å². The van der Waals surface area contributed by atoms with Crippen LogP contribution in [0.1, 0.15) is 5.56 Å². The number of urea groups is 1. The first kappa shape index (κ1) is 27.7. The lowest BCUT2D eigenvalue weighted by Crippen LogP contribution is -2.61. The van der Waals surface area contributed by atoms with E-state index in [0.29, 0.717) is 47.1 Å². The Kier molecular flexibility index (Phi) is 8.49. The third-order valence-corrected chi connectivity index (χ3v) is 6.95. The Labute approximate surface area is 241 Å². The molecule has 0 bridgehead atoms. The number of carbonyl (C=O) groups excluding carboxylic acids is 2. The van der Waals surface area contributed by atoms with Gasteiger partial charge in [-0.1, -0.05) is 17.7 Å². The molecule has 3 amide bonds. The number of nitrogens with zero attached hydrogens (tertiary/aromatic N) is 6. The number of halogens is 1. The van der Waals surface area contributed by atoms with Crippen molar-refractivity contribution >= 4 is 35.0 Å². The summed E-state index contributed by atoms with van der Waals surface area (Å²) in [7, 11) is 3.12. The maximum Gasteiger partial charge on any atom is 0.321 e. The van der Waals surface area contributed by atoms with Crippen LogP contribution in [-0.2, 0) is 11.3 Å². The van der Waals surface area contributed by atoms with Crippen molar-refractivity contribution in [3.63, 3.8) is 0 Å². The number of hydrogen-bond acceptors (Lipinski definition) is 8. The largest absolute Gasteiger partial charge is 0.497 e. The highest BCUT2D eigenvalue weighted by Crippen LogP contribution is 2.25. The number of benzene rings is 2. The van der Waals surface area contributed by atoms with Crippen molar-refractivity contribution in [2.75, 3.05) is 44.1 Å². The van der Waals surface area contributed by atoms with E-state index >= 15 is 0 Å². The smallest absolute Gasteiger partial charge is 0.321 e. The van der Waals surface area contributed by atoms with E-state index in [1.807, 2.05) is 11.0 Å². The molecule has 0 radical (unpaired) electrons. The van der Waals surface area contributed by atoms with E-state index in [2.05, 4.69) is 25.6 Å². The number of hydrogen-bond donors (Lipinski definition) is 2. The van der Waals surface area contributed by atoms with E-state index in [-0.39, 0.29) is 25.0 Å². The van der Waals surface area contributed by atoms with Crippen LogP contribution < -0.4 is 25.0 Å². The molecule has 12 nitrogen and oxygen atoms in total. The molecule has 1 atom stereocenters. The Morgan fingerprint density at radius 3 is 2.59 bits per heavy atom. The summed E-state index contributed by atoms with van der Waals surface area (Å²) in [4.78, 5) is 43.4. The number of nitrogens with one attached hydrogen (secondary N) is 2. The lowest BCUT2D eigenvalue weighted by atomic mass is 10.1. The zero-order chi connectivity index (χ0) is 28.8. The van der Waals surface area contributed by atoms with Crippen LogP contribution in [0, 0.1) is 0 Å². The van der Waals surface area contributed by atoms with Gasteiger partial charge < -0.3 is 29.9 Å². The summed E-state index contributed by atoms with van der Waals surface area (Å²) in [5.74, 6) is 1.96. The Balaban J connectivity index is 1.35. The average molecular weight is 577 g/mol. The van der Waals surface area contributed by atoms with Gasteiger partial charge in [0.15, 0.2) is 0 Å². The molecule has 212 valence electrons. The highest BCUT2D eigenvalue weighted by atomic mass is 35.5. The first-order valence-electron chi connectivity index (χ1n) is 12.8. The van der Waals surface area contributed by atoms with Gasteiger partial charge in [0.2, 0.25) is 11.9 Å². The predicted octanol–water partition coefficient (Wildman–Crippen LogP) is 3.37. The van der Waals surface area contributed by atoms with E-state index in [1.54, 1.807) is 91.1 Å². The molecular formula is C28H29ClN8O4. The van der Waals surface area contributed by atoms with Gasteiger partial charge in [-0.2, -0.15) is 4.98 Å². The minimum atomic E-state index is -0.718. The van der Waals surface area contributed by atoms with Crippen LogP contribution in [0.4, 0.5) is 16.3 Å². The molecule has 2 aromatic carbocycles. The van der Waals surface area contributed by atoms with Gasteiger partial charge in [0.1, 0.15) is 29.7 Å². The molecule has 0 spiro atoms. The van der Waals surface area contributed by atoms with E-state index in [4.69, 9.17) is 21.1 Å². The van der Waals surface area contributed by atoms with Crippen LogP contribution in [0.5, 0.6) is 11.5 Å². The fourth-order valence-electron chi connectivity index (χ4n) is 4.47. The molecule has 41 heavy (non-hydrogen) atoms. The van der Waals surface area contributed by atoms with Crippen molar-refractivity contribution in [1.29, 1.82) is 0 Å². The van der Waals surface area contributed by atoms with Gasteiger partial charge in [-0.3, -0.25) is 9.36 Å². The van der Waals surface area contributed by atoms with E-state index in [1.165, 1.54) is 0 Å². The molecule has 0 aliphatic carbocycles. The van der Waals surface area contributed by atoms with Crippen molar-refractivity contribution < 1.29 is 19.1 Å². The minimum Gasteiger partial charge on any atom is -0.497 e. The summed E-state index contributed by atoms with van der Waals surface area (Å²) in [6, 6.07) is 13.1. The third-order valence-electron chi connectivity index (χ3n) is 6.65. The number of methoxy groups -OCH3 is 2. The monoisotopic (exact) mass is 576 g/mol. The Bertz CT molecular complexity index is 1500. The lowest BCUT2D eigenvalue weighted by molar-refractivity contribution is -0.123. The first-order valence-corrected chi connectivity index (χ1v) is 13.2. The number of piperazine rings is 1. The summed E-state index contributed by atoms with van der Waals surface area (Å²) < 4.78 is 12.1. The minimum absolute atomic E-state index is 0.140. The maximum absolute atomic E-state index is 13.6. The van der Waals surface area contributed by atoms with Crippen molar-refractivity contribution in [3.05, 3.63) is 84.0 Å². The molecule has 2 N–H and O–H groups in total. The van der Waals surface area contributed by atoms with Crippen molar-refractivity contribution in [2.24, 2.45) is 0 Å². The number of amides is 3. The molecule has 3 heterocycles. The summed E-state index contributed by atoms with van der Waals surface area (Å²) in [6.45, 7) is 1.14. The SMILES string of the molecule is COc1ccc(NC(=O)N2CCN(c3ccnc(-n4ccnc4)n3)C(C(=O)NCc3ccc(OC)c(Cl)c3)C2)cc1. The summed E-state index contributed by atoms with van der Waals surface area (Å²) in [5, 5.41) is 6.34. The Morgan fingerprint density at radius 1 is 1.05 bits per heavy atom. The summed E-state index contributed by atoms with van der Waals surface area (Å²) in [6.07, 6.45) is 6.61. The van der Waals surface area contributed by atoms with Crippen LogP contribution in [-0.4, -0.2) is 76.3 Å². The van der Waals surface area contributed by atoms with E-state index < -0.39 is 6.04 Å². The zero-order valence-electron chi connectivity index (χ0n) is 22.5. The number of ether oxygens (including phenoxy) is 2. The second kappa shape index (κ2) is 12.6. The number of aromatic nitrogens is 4. The predicted molar refractivity (Wildman–Crippen MR) is 154 cm³/mol. The highest BCUT2D eigenvalue weighted by Gasteiger charge is 2.35. The van der Waals surface area contributed by atoms with Gasteiger partial charge in [0.25, 0.3) is 0 Å². The van der Waals surface area contributed by atoms with Gasteiger partial charge in [0.05, 0.1) is 25.8 Å². The van der Waals surface area contributed by atoms with Gasteiger partial charge in [-0.15, -0.1) is 0 Å². The number of imidazole rings is 1. The van der Waals surface area contributed by atoms with Crippen LogP contribution in [0.25, 0.3) is 5.95 Å². The fraction of sp³-hybridized carbons (Fsp3) is 0.250. The third kappa shape index (κ3) is 6.49. The topological polar surface area (TPSA) is 127 Å². The Morgan fingerprint density at radius 2 is 1.88 bits per heavy atom. The lowest BCUT2D eigenvalue weighted by Gasteiger charge is -2.41. The maximum atomic E-state index is 13.6. The molecule has 0 saturated carbocycles. The highest BCUT2D eigenvalue weighted by molar-refractivity contribution is 6.32. The van der Waals surface area contributed by atoms with Gasteiger partial charge in [-0.25, -0.2) is 14.8 Å². The van der Waals surface area contributed by atoms with Crippen LogP contribution in [0.2, 0.25) is 5.02 Å². The quantitative estimate of drug-likeness (QED) is 0.327. The van der Waals surface area contributed by atoms with Crippen LogP contribution in [0.3, 0.4) is 0 Å². The molecule has 1 unspecified atom stereocenters. The molecular weight excluding hydrogens is 548 g/mol. The van der Waals surface area contributed by atoms with Gasteiger partial charge in [-0.05, 0) is 48.0 Å². The number of carbonyl (C=O) groups is 2. The molecule has 1 fully saturated rings. The van der Waals surface area contributed by atoms with Crippen LogP contribution in [0.15, 0.2) is 73.4 Å². The normalized spacial score (nSPS) is 14.9. The fourth-order valence-corrected chi connectivity index (χ4v) is 4.75. The molecule has 4 aromatic rings. The van der Waals surface area contributed by atoms with Crippen molar-refractivity contribution in [3.8, 4) is 17.4 Å². The molecule has 1 aliphatic heterocycles. The van der Waals surface area contributed by atoms with E-state index in [0.717, 1.165) is 5.56 Å². The number of anilines is 2. The number of rotatable bonds is 8. The Hall–Kier alpha value is -4.84. The van der Waals surface area contributed by atoms with Gasteiger partial charge >= 0.3 is 6.03 Å². The summed E-state index contributed by atoms with van der Waals surface area (Å²) >= 11 is 6.27. The van der Waals surface area contributed by atoms with Gasteiger partial charge in [0, 0.05) is 43.9 Å². The molecule has 1 aliphatic rings. The standard InChI is InChI=1S/C28H29ClN8O4/c1-40-21-6-4-20(5-7-21)33-28(39)35-13-14-37(25-9-10-31-27(34-25)36-12-11-30-18-36)23(17-35)26(38)32-16-19-3-8-24(41-2)22(29)15-19/h3-12,15,18,23H,13-14,16-17H2,1-2H3,(H,32,38)(H,33,39). The van der Waals surface area contributed by atoms with Crippen molar-refractivity contribution in [1.82, 2.24) is 29.7 Å². The molecule has 13 heteroatoms. The second-order valence-corrected chi connectivity index (χ2v) is 9.59. The van der Waals surface area contributed by atoms with E-state index in [9.17, 15) is 9.59 Å². The van der Waals surface area contributed by atoms with Crippen LogP contribution >= 0.6 is 11.6 Å². The second-order valence-electron chi connectivity index (χ2n) is 9.19. The summed E-state index contributed by atoms with van der Waals surface area (Å²) in [5.41, 5.74) is 1.43. The first-order chi connectivity index (χ1) is 19.9. The molecule has 2 aromatic heterocycles. The molecule has 1 saturated heterocycles. The average Bonchev–Trinajstić information content (AvgIpc) is 3.55. The molecule has 5 rings (SSSR count).